The fraction of sp³-hybridized carbons (Fsp3) is 0.333. The van der Waals surface area contributed by atoms with Gasteiger partial charge in [-0.05, 0) is 30.3 Å². The number of fused-ring (bicyclic) bond motifs is 1. The molecule has 200 valence electrons. The molecule has 2 aromatic heterocycles. The Morgan fingerprint density at radius 2 is 2.08 bits per heavy atom. The number of benzene rings is 2. The summed E-state index contributed by atoms with van der Waals surface area (Å²) in [5, 5.41) is 28.4. The quantitative estimate of drug-likeness (QED) is 0.342. The number of thiazole rings is 1. The number of nitrogens with zero attached hydrogens (tertiary/aromatic N) is 5. The standard InChI is InChI=1S/C24H22ClF2N5O5S/c1-31(11-3-6-14-17(7-11)38-10-28-14)24(35)23-22(36-2)20(21(34)16(9-33)37-23)32-8-15(29-30-32)12-4-5-13(25)19(27)18(12)26/h3-8,10,16,20-23,33-34H,9H2,1-2H3/t16-,20+,21+,22-,23-/m1/s1. The molecule has 38 heavy (non-hydrogen) atoms. The summed E-state index contributed by atoms with van der Waals surface area (Å²) in [7, 11) is 2.91. The highest BCUT2D eigenvalue weighted by Gasteiger charge is 2.50. The van der Waals surface area contributed by atoms with Gasteiger partial charge < -0.3 is 24.6 Å². The molecule has 4 aromatic rings. The fourth-order valence-corrected chi connectivity index (χ4v) is 5.36. The number of hydrogen-bond acceptors (Lipinski definition) is 9. The van der Waals surface area contributed by atoms with Crippen molar-refractivity contribution in [1.29, 1.82) is 0 Å². The summed E-state index contributed by atoms with van der Waals surface area (Å²) < 4.78 is 42.0. The van der Waals surface area contributed by atoms with Gasteiger partial charge in [0.05, 0.1) is 33.6 Å². The lowest BCUT2D eigenvalue weighted by Gasteiger charge is -2.43. The molecule has 5 rings (SSSR count). The topological polar surface area (TPSA) is 123 Å². The van der Waals surface area contributed by atoms with Crippen molar-refractivity contribution in [3.63, 3.8) is 0 Å². The molecule has 1 fully saturated rings. The van der Waals surface area contributed by atoms with E-state index in [0.29, 0.717) is 5.69 Å². The first-order valence-electron chi connectivity index (χ1n) is 11.4. The minimum Gasteiger partial charge on any atom is -0.394 e. The highest BCUT2D eigenvalue weighted by molar-refractivity contribution is 7.16. The lowest BCUT2D eigenvalue weighted by molar-refractivity contribution is -0.211. The zero-order chi connectivity index (χ0) is 27.1. The summed E-state index contributed by atoms with van der Waals surface area (Å²) in [6.45, 7) is -0.604. The Bertz CT molecular complexity index is 1490. The molecule has 0 spiro atoms. The van der Waals surface area contributed by atoms with E-state index in [2.05, 4.69) is 15.3 Å². The van der Waals surface area contributed by atoms with Crippen LogP contribution in [0.2, 0.25) is 5.02 Å². The first-order valence-corrected chi connectivity index (χ1v) is 12.6. The molecule has 1 saturated heterocycles. The van der Waals surface area contributed by atoms with E-state index in [0.717, 1.165) is 10.2 Å². The second-order valence-electron chi connectivity index (χ2n) is 8.67. The number of amides is 1. The van der Waals surface area contributed by atoms with Crippen LogP contribution in [-0.2, 0) is 14.3 Å². The van der Waals surface area contributed by atoms with Gasteiger partial charge >= 0.3 is 0 Å². The van der Waals surface area contributed by atoms with Crippen LogP contribution in [0.25, 0.3) is 21.5 Å². The number of carbonyl (C=O) groups is 1. The lowest BCUT2D eigenvalue weighted by atomic mass is 9.91. The van der Waals surface area contributed by atoms with Crippen molar-refractivity contribution in [2.24, 2.45) is 0 Å². The Kier molecular flexibility index (Phi) is 7.40. The van der Waals surface area contributed by atoms with Gasteiger partial charge in [-0.25, -0.2) is 18.4 Å². The average Bonchev–Trinajstić information content (AvgIpc) is 3.60. The van der Waals surface area contributed by atoms with E-state index >= 15 is 0 Å². The van der Waals surface area contributed by atoms with Gasteiger partial charge in [0.25, 0.3) is 5.91 Å². The van der Waals surface area contributed by atoms with Gasteiger partial charge in [-0.15, -0.1) is 16.4 Å². The zero-order valence-corrected chi connectivity index (χ0v) is 21.6. The minimum atomic E-state index is -1.38. The molecule has 10 nitrogen and oxygen atoms in total. The van der Waals surface area contributed by atoms with Gasteiger partial charge in [-0.1, -0.05) is 16.8 Å². The van der Waals surface area contributed by atoms with Gasteiger partial charge in [0, 0.05) is 25.4 Å². The van der Waals surface area contributed by atoms with Gasteiger partial charge in [0.1, 0.15) is 30.0 Å². The van der Waals surface area contributed by atoms with E-state index in [4.69, 9.17) is 21.1 Å². The van der Waals surface area contributed by atoms with Gasteiger partial charge in [-0.3, -0.25) is 4.79 Å². The maximum Gasteiger partial charge on any atom is 0.258 e. The summed E-state index contributed by atoms with van der Waals surface area (Å²) in [5.74, 6) is -2.94. The molecular formula is C24H22ClF2N5O5S. The predicted molar refractivity (Wildman–Crippen MR) is 135 cm³/mol. The van der Waals surface area contributed by atoms with E-state index in [1.165, 1.54) is 46.4 Å². The third-order valence-corrected chi connectivity index (χ3v) is 7.63. The smallest absolute Gasteiger partial charge is 0.258 e. The van der Waals surface area contributed by atoms with Crippen molar-refractivity contribution >= 4 is 44.7 Å². The van der Waals surface area contributed by atoms with Gasteiger partial charge in [0.2, 0.25) is 0 Å². The van der Waals surface area contributed by atoms with Crippen molar-refractivity contribution in [2.45, 2.75) is 30.5 Å². The van der Waals surface area contributed by atoms with E-state index in [9.17, 15) is 23.8 Å². The minimum absolute atomic E-state index is 0.0370. The molecule has 14 heteroatoms. The molecule has 2 N–H and O–H groups in total. The van der Waals surface area contributed by atoms with Gasteiger partial charge in [0.15, 0.2) is 17.7 Å². The van der Waals surface area contributed by atoms with Crippen LogP contribution in [0, 0.1) is 11.6 Å². The molecular weight excluding hydrogens is 544 g/mol. The van der Waals surface area contributed by atoms with Crippen LogP contribution in [-0.4, -0.2) is 81.3 Å². The summed E-state index contributed by atoms with van der Waals surface area (Å²) >= 11 is 7.07. The Labute approximate surface area is 224 Å². The second kappa shape index (κ2) is 10.6. The number of likely N-dealkylation sites (N-methyl/N-ethyl adjacent to an activating group) is 1. The summed E-state index contributed by atoms with van der Waals surface area (Å²) in [6, 6.07) is 6.71. The van der Waals surface area contributed by atoms with Crippen molar-refractivity contribution < 1.29 is 33.3 Å². The van der Waals surface area contributed by atoms with Crippen LogP contribution in [0.5, 0.6) is 0 Å². The number of ether oxygens (including phenoxy) is 2. The van der Waals surface area contributed by atoms with Crippen molar-refractivity contribution in [2.75, 3.05) is 25.7 Å². The Morgan fingerprint density at radius 1 is 1.29 bits per heavy atom. The van der Waals surface area contributed by atoms with Crippen LogP contribution < -0.4 is 4.90 Å². The van der Waals surface area contributed by atoms with Crippen LogP contribution in [0.4, 0.5) is 14.5 Å². The van der Waals surface area contributed by atoms with Crippen LogP contribution in [0.3, 0.4) is 0 Å². The van der Waals surface area contributed by atoms with E-state index in [1.54, 1.807) is 24.7 Å². The number of aliphatic hydroxyl groups excluding tert-OH is 2. The van der Waals surface area contributed by atoms with Gasteiger partial charge in [-0.2, -0.15) is 0 Å². The second-order valence-corrected chi connectivity index (χ2v) is 9.96. The number of rotatable bonds is 6. The maximum atomic E-state index is 14.5. The number of aliphatic hydroxyl groups is 2. The molecule has 0 aliphatic carbocycles. The molecule has 3 heterocycles. The van der Waals surface area contributed by atoms with Crippen molar-refractivity contribution in [3.8, 4) is 11.3 Å². The highest BCUT2D eigenvalue weighted by atomic mass is 35.5. The van der Waals surface area contributed by atoms with E-state index < -0.39 is 54.6 Å². The molecule has 0 radical (unpaired) electrons. The molecule has 1 aliphatic rings. The number of aromatic nitrogens is 4. The van der Waals surface area contributed by atoms with Crippen LogP contribution in [0.1, 0.15) is 6.04 Å². The molecule has 2 aromatic carbocycles. The zero-order valence-electron chi connectivity index (χ0n) is 20.0. The van der Waals surface area contributed by atoms with Crippen molar-refractivity contribution in [1.82, 2.24) is 20.0 Å². The van der Waals surface area contributed by atoms with Crippen molar-refractivity contribution in [3.05, 3.63) is 58.7 Å². The molecule has 5 atom stereocenters. The molecule has 0 saturated carbocycles. The number of anilines is 1. The largest absolute Gasteiger partial charge is 0.394 e. The van der Waals surface area contributed by atoms with Crippen LogP contribution in [0.15, 0.2) is 42.0 Å². The molecule has 1 amide bonds. The molecule has 0 bridgehead atoms. The number of methoxy groups -OCH3 is 1. The van der Waals surface area contributed by atoms with E-state index in [1.807, 2.05) is 6.07 Å². The highest BCUT2D eigenvalue weighted by Crippen LogP contribution is 2.35. The van der Waals surface area contributed by atoms with Crippen LogP contribution >= 0.6 is 22.9 Å². The number of carbonyl (C=O) groups excluding carboxylic acids is 1. The predicted octanol–water partition coefficient (Wildman–Crippen LogP) is 2.83. The first kappa shape index (κ1) is 26.5. The van der Waals surface area contributed by atoms with E-state index in [-0.39, 0.29) is 16.3 Å². The monoisotopic (exact) mass is 565 g/mol. The Hall–Kier alpha value is -3.07. The summed E-state index contributed by atoms with van der Waals surface area (Å²) in [6.07, 6.45) is -3.61. The molecule has 0 unspecified atom stereocenters. The average molecular weight is 566 g/mol. The number of hydrogen-bond donors (Lipinski definition) is 2. The third kappa shape index (κ3) is 4.55. The SMILES string of the molecule is CO[C@@H]1[C@@H](n2cc(-c3ccc(Cl)c(F)c3F)nn2)[C@@H](O)[C@@H](CO)O[C@H]1C(=O)N(C)c1ccc2ncsc2c1. The summed E-state index contributed by atoms with van der Waals surface area (Å²) in [4.78, 5) is 19.2. The third-order valence-electron chi connectivity index (χ3n) is 6.54. The Balaban J connectivity index is 1.48. The lowest BCUT2D eigenvalue weighted by Crippen LogP contribution is -2.60. The summed E-state index contributed by atoms with van der Waals surface area (Å²) in [5.41, 5.74) is 2.85. The number of halogens is 3. The first-order chi connectivity index (χ1) is 18.2. The fourth-order valence-electron chi connectivity index (χ4n) is 4.50. The normalized spacial score (nSPS) is 23.6. The maximum absolute atomic E-state index is 14.5. The Morgan fingerprint density at radius 3 is 2.82 bits per heavy atom. The molecule has 1 aliphatic heterocycles.